The van der Waals surface area contributed by atoms with Crippen LogP contribution in [-0.2, 0) is 0 Å². The van der Waals surface area contributed by atoms with Gasteiger partial charge in [-0.25, -0.2) is 9.78 Å². The van der Waals surface area contributed by atoms with Crippen molar-refractivity contribution in [2.24, 2.45) is 5.92 Å². The lowest BCUT2D eigenvalue weighted by Crippen LogP contribution is -2.33. The summed E-state index contributed by atoms with van der Waals surface area (Å²) < 4.78 is 0. The van der Waals surface area contributed by atoms with Crippen LogP contribution in [0.5, 0.6) is 0 Å². The maximum Gasteiger partial charge on any atom is 0.347 e. The molecule has 1 saturated heterocycles. The Labute approximate surface area is 105 Å². The van der Waals surface area contributed by atoms with Crippen LogP contribution in [0.2, 0.25) is 0 Å². The van der Waals surface area contributed by atoms with Crippen LogP contribution in [-0.4, -0.2) is 28.6 Å². The minimum Gasteiger partial charge on any atom is -0.477 e. The molecule has 2 heterocycles. The van der Waals surface area contributed by atoms with Crippen molar-refractivity contribution >= 4 is 22.4 Å². The number of thiazole rings is 1. The van der Waals surface area contributed by atoms with E-state index in [9.17, 15) is 4.79 Å². The molecule has 0 saturated carbocycles. The molecule has 0 aliphatic carbocycles. The highest BCUT2D eigenvalue weighted by molar-refractivity contribution is 7.17. The molecule has 1 N–H and O–H groups in total. The zero-order valence-electron chi connectivity index (χ0n) is 10.4. The normalized spacial score (nSPS) is 20.2. The van der Waals surface area contributed by atoms with E-state index in [0.717, 1.165) is 11.7 Å². The fourth-order valence-electron chi connectivity index (χ4n) is 2.43. The molecule has 0 bridgehead atoms. The van der Waals surface area contributed by atoms with E-state index in [1.165, 1.54) is 24.2 Å². The first-order valence-corrected chi connectivity index (χ1v) is 6.79. The number of carboxylic acid groups (broad SMARTS) is 1. The molecule has 1 aliphatic heterocycles. The monoisotopic (exact) mass is 254 g/mol. The van der Waals surface area contributed by atoms with Crippen LogP contribution in [0.4, 0.5) is 5.13 Å². The number of hydrogen-bond donors (Lipinski definition) is 1. The molecule has 4 nitrogen and oxygen atoms in total. The van der Waals surface area contributed by atoms with E-state index in [4.69, 9.17) is 5.11 Å². The Morgan fingerprint density at radius 1 is 1.59 bits per heavy atom. The molecule has 0 amide bonds. The van der Waals surface area contributed by atoms with Gasteiger partial charge in [0.2, 0.25) is 0 Å². The van der Waals surface area contributed by atoms with E-state index < -0.39 is 5.97 Å². The largest absolute Gasteiger partial charge is 0.477 e. The van der Waals surface area contributed by atoms with Gasteiger partial charge < -0.3 is 10.0 Å². The molecule has 1 aromatic heterocycles. The van der Waals surface area contributed by atoms with E-state index in [0.29, 0.717) is 22.5 Å². The molecule has 94 valence electrons. The molecule has 0 spiro atoms. The summed E-state index contributed by atoms with van der Waals surface area (Å²) in [4.78, 5) is 18.1. The molecule has 1 unspecified atom stereocenters. The molecular weight excluding hydrogens is 236 g/mol. The average molecular weight is 254 g/mol. The fraction of sp³-hybridized carbons (Fsp3) is 0.667. The van der Waals surface area contributed by atoms with Gasteiger partial charge in [0.25, 0.3) is 0 Å². The molecule has 2 rings (SSSR count). The highest BCUT2D eigenvalue weighted by atomic mass is 32.1. The molecule has 1 atom stereocenters. The minimum atomic E-state index is -0.869. The Bertz CT molecular complexity index is 428. The number of carbonyl (C=O) groups is 1. The lowest BCUT2D eigenvalue weighted by molar-refractivity contribution is 0.0701. The van der Waals surface area contributed by atoms with Crippen LogP contribution in [0.25, 0.3) is 0 Å². The summed E-state index contributed by atoms with van der Waals surface area (Å²) in [6, 6.07) is 0.502. The van der Waals surface area contributed by atoms with Crippen molar-refractivity contribution in [3.8, 4) is 0 Å². The van der Waals surface area contributed by atoms with Gasteiger partial charge in [-0.2, -0.15) is 0 Å². The van der Waals surface area contributed by atoms with E-state index >= 15 is 0 Å². The number of aromatic nitrogens is 1. The minimum absolute atomic E-state index is 0.370. The Kier molecular flexibility index (Phi) is 3.38. The average Bonchev–Trinajstić information content (AvgIpc) is 2.82. The van der Waals surface area contributed by atoms with Crippen molar-refractivity contribution in [2.45, 2.75) is 39.7 Å². The zero-order valence-corrected chi connectivity index (χ0v) is 11.3. The molecule has 1 aliphatic rings. The molecular formula is C12H18N2O2S. The summed E-state index contributed by atoms with van der Waals surface area (Å²) >= 11 is 1.30. The number of aryl methyl sites for hydroxylation is 1. The Morgan fingerprint density at radius 2 is 2.29 bits per heavy atom. The van der Waals surface area contributed by atoms with E-state index in [-0.39, 0.29) is 0 Å². The van der Waals surface area contributed by atoms with Gasteiger partial charge in [0.05, 0.1) is 5.69 Å². The summed E-state index contributed by atoms with van der Waals surface area (Å²) in [5.41, 5.74) is 0.631. The van der Waals surface area contributed by atoms with Crippen molar-refractivity contribution in [2.75, 3.05) is 11.4 Å². The predicted octanol–water partition coefficient (Wildman–Crippen LogP) is 2.77. The number of rotatable bonds is 3. The Morgan fingerprint density at radius 3 is 2.82 bits per heavy atom. The fourth-order valence-corrected chi connectivity index (χ4v) is 3.42. The van der Waals surface area contributed by atoms with Crippen LogP contribution in [0.3, 0.4) is 0 Å². The van der Waals surface area contributed by atoms with Gasteiger partial charge in [0.1, 0.15) is 4.88 Å². The second kappa shape index (κ2) is 4.64. The van der Waals surface area contributed by atoms with Crippen molar-refractivity contribution in [3.05, 3.63) is 10.6 Å². The second-order valence-corrected chi connectivity index (χ2v) is 5.84. The number of carboxylic acids is 1. The van der Waals surface area contributed by atoms with Gasteiger partial charge in [0.15, 0.2) is 5.13 Å². The van der Waals surface area contributed by atoms with Crippen molar-refractivity contribution in [1.29, 1.82) is 0 Å². The van der Waals surface area contributed by atoms with Crippen LogP contribution in [0, 0.1) is 12.8 Å². The van der Waals surface area contributed by atoms with Gasteiger partial charge in [0, 0.05) is 12.6 Å². The maximum absolute atomic E-state index is 11.0. The van der Waals surface area contributed by atoms with Gasteiger partial charge >= 0.3 is 5.97 Å². The number of anilines is 1. The lowest BCUT2D eigenvalue weighted by Gasteiger charge is -2.27. The summed E-state index contributed by atoms with van der Waals surface area (Å²) in [5.74, 6) is -0.290. The van der Waals surface area contributed by atoms with Crippen molar-refractivity contribution in [1.82, 2.24) is 4.98 Å². The summed E-state index contributed by atoms with van der Waals surface area (Å²) in [6.45, 7) is 7.18. The molecule has 5 heteroatoms. The molecule has 1 fully saturated rings. The second-order valence-electron chi connectivity index (χ2n) is 4.86. The standard InChI is InChI=1S/C12H18N2O2S/c1-7(2)9-5-4-6-14(9)12-13-8(3)10(17-12)11(15)16/h7,9H,4-6H2,1-3H3,(H,15,16). The van der Waals surface area contributed by atoms with Gasteiger partial charge in [-0.3, -0.25) is 0 Å². The first-order valence-electron chi connectivity index (χ1n) is 5.98. The van der Waals surface area contributed by atoms with Crippen LogP contribution in [0.1, 0.15) is 42.1 Å². The number of aromatic carboxylic acids is 1. The Balaban J connectivity index is 2.28. The summed E-state index contributed by atoms with van der Waals surface area (Å²) in [7, 11) is 0. The lowest BCUT2D eigenvalue weighted by atomic mass is 10.0. The predicted molar refractivity (Wildman–Crippen MR) is 69.0 cm³/mol. The van der Waals surface area contributed by atoms with Crippen molar-refractivity contribution in [3.63, 3.8) is 0 Å². The number of nitrogens with zero attached hydrogens (tertiary/aromatic N) is 2. The van der Waals surface area contributed by atoms with Gasteiger partial charge in [-0.1, -0.05) is 25.2 Å². The third-order valence-electron chi connectivity index (χ3n) is 3.29. The molecule has 0 aromatic carbocycles. The molecule has 17 heavy (non-hydrogen) atoms. The smallest absolute Gasteiger partial charge is 0.347 e. The van der Waals surface area contributed by atoms with Crippen LogP contribution < -0.4 is 4.90 Å². The molecule has 0 radical (unpaired) electrons. The highest BCUT2D eigenvalue weighted by Gasteiger charge is 2.30. The highest BCUT2D eigenvalue weighted by Crippen LogP contribution is 2.33. The van der Waals surface area contributed by atoms with Gasteiger partial charge in [-0.05, 0) is 25.7 Å². The van der Waals surface area contributed by atoms with E-state index in [2.05, 4.69) is 23.7 Å². The van der Waals surface area contributed by atoms with Crippen molar-refractivity contribution < 1.29 is 9.90 Å². The first-order chi connectivity index (χ1) is 8.00. The van der Waals surface area contributed by atoms with E-state index in [1.807, 2.05) is 0 Å². The third-order valence-corrected chi connectivity index (χ3v) is 4.48. The van der Waals surface area contributed by atoms with E-state index in [1.54, 1.807) is 6.92 Å². The topological polar surface area (TPSA) is 53.4 Å². The first kappa shape index (κ1) is 12.4. The SMILES string of the molecule is Cc1nc(N2CCCC2C(C)C)sc1C(=O)O. The maximum atomic E-state index is 11.0. The summed E-state index contributed by atoms with van der Waals surface area (Å²) in [5, 5.41) is 9.92. The van der Waals surface area contributed by atoms with Crippen LogP contribution >= 0.6 is 11.3 Å². The quantitative estimate of drug-likeness (QED) is 0.901. The van der Waals surface area contributed by atoms with Gasteiger partial charge in [-0.15, -0.1) is 0 Å². The molecule has 1 aromatic rings. The summed E-state index contributed by atoms with van der Waals surface area (Å²) in [6.07, 6.45) is 2.35. The zero-order chi connectivity index (χ0) is 12.6. The van der Waals surface area contributed by atoms with Crippen LogP contribution in [0.15, 0.2) is 0 Å². The Hall–Kier alpha value is -1.10. The third kappa shape index (κ3) is 2.29. The number of hydrogen-bond acceptors (Lipinski definition) is 4.